The van der Waals surface area contributed by atoms with Gasteiger partial charge < -0.3 is 15.4 Å². The summed E-state index contributed by atoms with van der Waals surface area (Å²) in [6.45, 7) is 6.70. The highest BCUT2D eigenvalue weighted by atomic mass is 35.5. The summed E-state index contributed by atoms with van der Waals surface area (Å²) in [6.07, 6.45) is 2.70. The molecule has 1 aromatic heterocycles. The summed E-state index contributed by atoms with van der Waals surface area (Å²) in [5, 5.41) is 6.33. The van der Waals surface area contributed by atoms with Crippen LogP contribution in [-0.2, 0) is 4.74 Å². The van der Waals surface area contributed by atoms with Gasteiger partial charge in [-0.05, 0) is 45.2 Å². The average Bonchev–Trinajstić information content (AvgIpc) is 2.35. The quantitative estimate of drug-likeness (QED) is 0.615. The number of anilines is 1. The Hall–Kier alpha value is -1.27. The zero-order valence-corrected chi connectivity index (χ0v) is 13.9. The first-order valence-corrected chi connectivity index (χ1v) is 7.42. The fourth-order valence-electron chi connectivity index (χ4n) is 1.43. The summed E-state index contributed by atoms with van der Waals surface area (Å²) < 4.78 is 5.13. The number of carbonyl (C=O) groups is 1. The van der Waals surface area contributed by atoms with E-state index in [1.165, 1.54) is 6.20 Å². The minimum Gasteiger partial charge on any atom is -0.444 e. The van der Waals surface area contributed by atoms with Crippen LogP contribution in [0.25, 0.3) is 0 Å². The number of hydrogen-bond donors (Lipinski definition) is 2. The highest BCUT2D eigenvalue weighted by molar-refractivity contribution is 6.33. The van der Waals surface area contributed by atoms with E-state index in [1.807, 2.05) is 20.8 Å². The molecule has 0 aliphatic carbocycles. The summed E-state index contributed by atoms with van der Waals surface area (Å²) in [5.41, 5.74) is -0.478. The molecule has 8 heteroatoms. The Morgan fingerprint density at radius 3 is 2.62 bits per heavy atom. The van der Waals surface area contributed by atoms with Crippen molar-refractivity contribution >= 4 is 35.1 Å². The van der Waals surface area contributed by atoms with Gasteiger partial charge in [0.25, 0.3) is 0 Å². The second-order valence-electron chi connectivity index (χ2n) is 5.40. The minimum absolute atomic E-state index is 0.147. The number of aromatic nitrogens is 2. The highest BCUT2D eigenvalue weighted by Gasteiger charge is 2.15. The first-order chi connectivity index (χ1) is 9.78. The smallest absolute Gasteiger partial charge is 0.407 e. The standard InChI is InChI=1S/C13H20Cl2N4O2/c1-13(2,3)21-12(20)17-7-5-4-6-16-10-9(14)8-18-11(15)19-10/h8H,4-7H2,1-3H3,(H,17,20)(H,16,18,19). The normalized spacial score (nSPS) is 11.1. The van der Waals surface area contributed by atoms with Gasteiger partial charge in [-0.1, -0.05) is 11.6 Å². The topological polar surface area (TPSA) is 76.1 Å². The number of rotatable bonds is 6. The third-order valence-corrected chi connectivity index (χ3v) is 2.74. The summed E-state index contributed by atoms with van der Waals surface area (Å²) in [7, 11) is 0. The number of hydrogen-bond acceptors (Lipinski definition) is 5. The van der Waals surface area contributed by atoms with Gasteiger partial charge >= 0.3 is 6.09 Å². The lowest BCUT2D eigenvalue weighted by atomic mass is 10.2. The van der Waals surface area contributed by atoms with Crippen molar-refractivity contribution in [3.05, 3.63) is 16.5 Å². The number of amides is 1. The van der Waals surface area contributed by atoms with Crippen LogP contribution in [0, 0.1) is 0 Å². The van der Waals surface area contributed by atoms with Gasteiger partial charge in [-0.2, -0.15) is 4.98 Å². The van der Waals surface area contributed by atoms with E-state index in [2.05, 4.69) is 20.6 Å². The lowest BCUT2D eigenvalue weighted by Crippen LogP contribution is -2.33. The van der Waals surface area contributed by atoms with E-state index in [0.717, 1.165) is 12.8 Å². The second-order valence-corrected chi connectivity index (χ2v) is 6.14. The second kappa shape index (κ2) is 8.24. The van der Waals surface area contributed by atoms with Crippen LogP contribution in [0.1, 0.15) is 33.6 Å². The van der Waals surface area contributed by atoms with Gasteiger partial charge in [0.2, 0.25) is 5.28 Å². The first kappa shape index (κ1) is 17.8. The van der Waals surface area contributed by atoms with Crippen molar-refractivity contribution in [2.75, 3.05) is 18.4 Å². The maximum Gasteiger partial charge on any atom is 0.407 e. The maximum atomic E-state index is 11.4. The Morgan fingerprint density at radius 2 is 1.95 bits per heavy atom. The molecule has 1 amide bonds. The predicted octanol–water partition coefficient (Wildman–Crippen LogP) is 3.50. The number of ether oxygens (including phenoxy) is 1. The molecule has 6 nitrogen and oxygen atoms in total. The van der Waals surface area contributed by atoms with E-state index in [4.69, 9.17) is 27.9 Å². The van der Waals surface area contributed by atoms with Crippen LogP contribution < -0.4 is 10.6 Å². The molecule has 0 fully saturated rings. The number of nitrogens with one attached hydrogen (secondary N) is 2. The zero-order valence-electron chi connectivity index (χ0n) is 12.4. The highest BCUT2D eigenvalue weighted by Crippen LogP contribution is 2.19. The van der Waals surface area contributed by atoms with E-state index < -0.39 is 11.7 Å². The van der Waals surface area contributed by atoms with E-state index in [1.54, 1.807) is 0 Å². The van der Waals surface area contributed by atoms with Crippen molar-refractivity contribution in [3.63, 3.8) is 0 Å². The Labute approximate surface area is 134 Å². The summed E-state index contributed by atoms with van der Waals surface area (Å²) in [5.74, 6) is 0.511. The van der Waals surface area contributed by atoms with Crippen LogP contribution in [0.15, 0.2) is 6.20 Å². The van der Waals surface area contributed by atoms with Crippen LogP contribution in [-0.4, -0.2) is 34.8 Å². The van der Waals surface area contributed by atoms with Crippen LogP contribution in [0.2, 0.25) is 10.3 Å². The molecule has 0 aromatic carbocycles. The first-order valence-electron chi connectivity index (χ1n) is 6.67. The molecule has 1 rings (SSSR count). The molecular formula is C13H20Cl2N4O2. The molecule has 118 valence electrons. The molecule has 0 unspecified atom stereocenters. The van der Waals surface area contributed by atoms with Crippen LogP contribution in [0.4, 0.5) is 10.6 Å². The van der Waals surface area contributed by atoms with Crippen LogP contribution in [0.3, 0.4) is 0 Å². The summed E-state index contributed by atoms with van der Waals surface area (Å²) in [6, 6.07) is 0. The van der Waals surface area contributed by atoms with Crippen LogP contribution in [0.5, 0.6) is 0 Å². The monoisotopic (exact) mass is 334 g/mol. The summed E-state index contributed by atoms with van der Waals surface area (Å²) in [4.78, 5) is 19.1. The Balaban J connectivity index is 2.15. The van der Waals surface area contributed by atoms with Crippen LogP contribution >= 0.6 is 23.2 Å². The van der Waals surface area contributed by atoms with Gasteiger partial charge in [-0.25, -0.2) is 9.78 Å². The van der Waals surface area contributed by atoms with Gasteiger partial charge in [0, 0.05) is 13.1 Å². The third kappa shape index (κ3) is 7.92. The molecule has 1 aromatic rings. The van der Waals surface area contributed by atoms with Gasteiger partial charge in [-0.15, -0.1) is 0 Å². The van der Waals surface area contributed by atoms with E-state index in [9.17, 15) is 4.79 Å². The molecule has 0 aliphatic heterocycles. The lowest BCUT2D eigenvalue weighted by Gasteiger charge is -2.19. The van der Waals surface area contributed by atoms with Gasteiger partial charge in [-0.3, -0.25) is 0 Å². The van der Waals surface area contributed by atoms with E-state index in [0.29, 0.717) is 23.9 Å². The van der Waals surface area contributed by atoms with Crippen molar-refractivity contribution < 1.29 is 9.53 Å². The van der Waals surface area contributed by atoms with Crippen molar-refractivity contribution in [2.24, 2.45) is 0 Å². The third-order valence-electron chi connectivity index (χ3n) is 2.28. The van der Waals surface area contributed by atoms with Crippen molar-refractivity contribution in [1.82, 2.24) is 15.3 Å². The zero-order chi connectivity index (χ0) is 15.9. The molecule has 1 heterocycles. The summed E-state index contributed by atoms with van der Waals surface area (Å²) >= 11 is 11.6. The number of carbonyl (C=O) groups excluding carboxylic acids is 1. The molecule has 0 atom stereocenters. The van der Waals surface area contributed by atoms with E-state index >= 15 is 0 Å². The SMILES string of the molecule is CC(C)(C)OC(=O)NCCCCNc1nc(Cl)ncc1Cl. The molecule has 0 saturated heterocycles. The number of nitrogens with zero attached hydrogens (tertiary/aromatic N) is 2. The molecule has 2 N–H and O–H groups in total. The Morgan fingerprint density at radius 1 is 1.29 bits per heavy atom. The van der Waals surface area contributed by atoms with E-state index in [-0.39, 0.29) is 5.28 Å². The lowest BCUT2D eigenvalue weighted by molar-refractivity contribution is 0.0527. The molecule has 0 spiro atoms. The van der Waals surface area contributed by atoms with Crippen molar-refractivity contribution in [2.45, 2.75) is 39.2 Å². The number of alkyl carbamates (subject to hydrolysis) is 1. The van der Waals surface area contributed by atoms with Gasteiger partial charge in [0.1, 0.15) is 16.4 Å². The molecule has 0 radical (unpaired) electrons. The van der Waals surface area contributed by atoms with Crippen molar-refractivity contribution in [3.8, 4) is 0 Å². The fraction of sp³-hybridized carbons (Fsp3) is 0.615. The van der Waals surface area contributed by atoms with Crippen molar-refractivity contribution in [1.29, 1.82) is 0 Å². The Bertz CT molecular complexity index is 478. The molecular weight excluding hydrogens is 315 g/mol. The Kier molecular flexibility index (Phi) is 6.98. The van der Waals surface area contributed by atoms with Gasteiger partial charge in [0.15, 0.2) is 0 Å². The molecule has 21 heavy (non-hydrogen) atoms. The number of halogens is 2. The predicted molar refractivity (Wildman–Crippen MR) is 84.0 cm³/mol. The maximum absolute atomic E-state index is 11.4. The molecule has 0 aliphatic rings. The number of unbranched alkanes of at least 4 members (excludes halogenated alkanes) is 1. The largest absolute Gasteiger partial charge is 0.444 e. The fourth-order valence-corrected chi connectivity index (χ4v) is 1.72. The average molecular weight is 335 g/mol. The molecule has 0 saturated carbocycles. The van der Waals surface area contributed by atoms with Gasteiger partial charge in [0.05, 0.1) is 6.20 Å². The molecule has 0 bridgehead atoms. The minimum atomic E-state index is -0.478.